The number of amides is 1. The number of carbonyl (C=O) groups excluding carboxylic acids is 1. The molecule has 2 heterocycles. The number of thioether (sulfide) groups is 1. The van der Waals surface area contributed by atoms with Gasteiger partial charge >= 0.3 is 0 Å². The van der Waals surface area contributed by atoms with Crippen molar-refractivity contribution < 1.29 is 14.3 Å². The summed E-state index contributed by atoms with van der Waals surface area (Å²) >= 11 is 1.68. The summed E-state index contributed by atoms with van der Waals surface area (Å²) in [5.41, 5.74) is 1.15. The maximum absolute atomic E-state index is 11.9. The van der Waals surface area contributed by atoms with Crippen LogP contribution in [-0.4, -0.2) is 49.9 Å². The molecule has 2 aliphatic heterocycles. The number of benzene rings is 1. The molecule has 0 saturated carbocycles. The molecule has 1 fully saturated rings. The highest BCUT2D eigenvalue weighted by Crippen LogP contribution is 2.36. The van der Waals surface area contributed by atoms with E-state index in [1.807, 2.05) is 25.4 Å². The summed E-state index contributed by atoms with van der Waals surface area (Å²) in [7, 11) is 1.85. The van der Waals surface area contributed by atoms with Crippen LogP contribution in [0, 0.1) is 0 Å². The van der Waals surface area contributed by atoms with Gasteiger partial charge in [-0.1, -0.05) is 0 Å². The van der Waals surface area contributed by atoms with Crippen LogP contribution in [0.2, 0.25) is 0 Å². The Labute approximate surface area is 129 Å². The maximum atomic E-state index is 11.9. The quantitative estimate of drug-likeness (QED) is 0.854. The summed E-state index contributed by atoms with van der Waals surface area (Å²) in [6, 6.07) is 3.98. The Morgan fingerprint density at radius 1 is 1.33 bits per heavy atom. The minimum absolute atomic E-state index is 0.0714. The first kappa shape index (κ1) is 14.5. The van der Waals surface area contributed by atoms with Crippen molar-refractivity contribution in [2.45, 2.75) is 23.9 Å². The van der Waals surface area contributed by atoms with Gasteiger partial charge in [-0.2, -0.15) is 0 Å². The van der Waals surface area contributed by atoms with Gasteiger partial charge in [0.05, 0.1) is 6.04 Å². The van der Waals surface area contributed by atoms with E-state index in [0.29, 0.717) is 19.8 Å². The van der Waals surface area contributed by atoms with Gasteiger partial charge in [0.1, 0.15) is 13.2 Å². The van der Waals surface area contributed by atoms with Crippen LogP contribution >= 0.6 is 11.8 Å². The Morgan fingerprint density at radius 2 is 2.05 bits per heavy atom. The first-order valence-corrected chi connectivity index (χ1v) is 8.36. The van der Waals surface area contributed by atoms with Gasteiger partial charge < -0.3 is 19.7 Å². The van der Waals surface area contributed by atoms with Gasteiger partial charge in [-0.15, -0.1) is 11.8 Å². The van der Waals surface area contributed by atoms with Gasteiger partial charge in [-0.25, -0.2) is 0 Å². The molecule has 6 heteroatoms. The van der Waals surface area contributed by atoms with Gasteiger partial charge in [0.15, 0.2) is 11.5 Å². The van der Waals surface area contributed by atoms with Crippen LogP contribution in [0.3, 0.4) is 0 Å². The molecule has 1 aromatic carbocycles. The molecule has 0 spiro atoms. The molecular weight excluding hydrogens is 288 g/mol. The van der Waals surface area contributed by atoms with Crippen molar-refractivity contribution in [1.82, 2.24) is 10.2 Å². The molecule has 0 bridgehead atoms. The molecule has 0 aromatic heterocycles. The van der Waals surface area contributed by atoms with Crippen molar-refractivity contribution in [2.75, 3.05) is 33.1 Å². The van der Waals surface area contributed by atoms with Crippen molar-refractivity contribution in [3.05, 3.63) is 17.7 Å². The van der Waals surface area contributed by atoms with E-state index in [1.54, 1.807) is 16.7 Å². The number of nitrogens with one attached hydrogen (secondary N) is 1. The van der Waals surface area contributed by atoms with E-state index in [0.717, 1.165) is 34.9 Å². The van der Waals surface area contributed by atoms with E-state index in [1.165, 1.54) is 0 Å². The van der Waals surface area contributed by atoms with Gasteiger partial charge in [0.2, 0.25) is 5.91 Å². The third-order valence-electron chi connectivity index (χ3n) is 3.91. The number of fused-ring (bicyclic) bond motifs is 1. The third-order valence-corrected chi connectivity index (χ3v) is 4.73. The number of likely N-dealkylation sites (N-methyl/N-ethyl adjacent to an activating group) is 1. The second kappa shape index (κ2) is 6.15. The lowest BCUT2D eigenvalue weighted by Crippen LogP contribution is -2.36. The van der Waals surface area contributed by atoms with E-state index in [-0.39, 0.29) is 11.9 Å². The average molecular weight is 308 g/mol. The molecule has 1 saturated heterocycles. The van der Waals surface area contributed by atoms with Crippen LogP contribution in [0.15, 0.2) is 17.0 Å². The van der Waals surface area contributed by atoms with Crippen molar-refractivity contribution in [3.63, 3.8) is 0 Å². The maximum Gasteiger partial charge on any atom is 0.239 e. The topological polar surface area (TPSA) is 50.8 Å². The highest BCUT2D eigenvalue weighted by atomic mass is 32.2. The van der Waals surface area contributed by atoms with E-state index in [2.05, 4.69) is 5.32 Å². The van der Waals surface area contributed by atoms with Crippen LogP contribution in [0.25, 0.3) is 0 Å². The lowest BCUT2D eigenvalue weighted by Gasteiger charge is -2.21. The number of ether oxygens (including phenoxy) is 2. The minimum Gasteiger partial charge on any atom is -0.486 e. The molecule has 1 atom stereocenters. The predicted molar refractivity (Wildman–Crippen MR) is 82.1 cm³/mol. The molecular formula is C15H20N2O3S. The molecule has 2 aliphatic rings. The number of nitrogens with zero attached hydrogens (tertiary/aromatic N) is 1. The Bertz CT molecular complexity index is 550. The van der Waals surface area contributed by atoms with E-state index >= 15 is 0 Å². The highest BCUT2D eigenvalue weighted by Gasteiger charge is 2.28. The van der Waals surface area contributed by atoms with Crippen LogP contribution < -0.4 is 14.8 Å². The zero-order chi connectivity index (χ0) is 14.8. The molecule has 1 aromatic rings. The Morgan fingerprint density at radius 3 is 2.67 bits per heavy atom. The van der Waals surface area contributed by atoms with Gasteiger partial charge in [-0.3, -0.25) is 4.79 Å². The monoisotopic (exact) mass is 308 g/mol. The van der Waals surface area contributed by atoms with Crippen LogP contribution in [-0.2, 0) is 11.3 Å². The fraction of sp³-hybridized carbons (Fsp3) is 0.533. The molecule has 21 heavy (non-hydrogen) atoms. The Kier molecular flexibility index (Phi) is 4.26. The van der Waals surface area contributed by atoms with Crippen molar-refractivity contribution in [1.29, 1.82) is 0 Å². The van der Waals surface area contributed by atoms with E-state index < -0.39 is 0 Å². The smallest absolute Gasteiger partial charge is 0.239 e. The highest BCUT2D eigenvalue weighted by molar-refractivity contribution is 7.98. The molecule has 3 rings (SSSR count). The van der Waals surface area contributed by atoms with Crippen molar-refractivity contribution in [3.8, 4) is 11.5 Å². The minimum atomic E-state index is -0.0714. The zero-order valence-corrected chi connectivity index (χ0v) is 13.2. The van der Waals surface area contributed by atoms with E-state index in [9.17, 15) is 4.79 Å². The standard InChI is InChI=1S/C15H20N2O3S/c1-17-4-3-11(15(17)18)16-9-10-7-12-13(8-14(10)21-2)20-6-5-19-12/h7-8,11,16H,3-6,9H2,1-2H3. The SMILES string of the molecule is CSc1cc2c(cc1CNC1CCN(C)C1=O)OCCO2. The number of likely N-dealkylation sites (tertiary alicyclic amines) is 1. The van der Waals surface area contributed by atoms with Crippen molar-refractivity contribution in [2.24, 2.45) is 0 Å². The zero-order valence-electron chi connectivity index (χ0n) is 12.3. The normalized spacial score (nSPS) is 21.0. The number of hydrogen-bond donors (Lipinski definition) is 1. The lowest BCUT2D eigenvalue weighted by atomic mass is 10.1. The van der Waals surface area contributed by atoms with Crippen LogP contribution in [0.5, 0.6) is 11.5 Å². The third kappa shape index (κ3) is 2.96. The Balaban J connectivity index is 1.74. The predicted octanol–water partition coefficient (Wildman–Crippen LogP) is 1.50. The molecule has 5 nitrogen and oxygen atoms in total. The first-order chi connectivity index (χ1) is 10.2. The summed E-state index contributed by atoms with van der Waals surface area (Å²) < 4.78 is 11.2. The largest absolute Gasteiger partial charge is 0.486 e. The summed E-state index contributed by atoms with van der Waals surface area (Å²) in [6.07, 6.45) is 2.91. The summed E-state index contributed by atoms with van der Waals surface area (Å²) in [5, 5.41) is 3.36. The number of rotatable bonds is 4. The summed E-state index contributed by atoms with van der Waals surface area (Å²) in [6.45, 7) is 2.68. The van der Waals surface area contributed by atoms with Crippen LogP contribution in [0.4, 0.5) is 0 Å². The number of carbonyl (C=O) groups is 1. The van der Waals surface area contributed by atoms with Gasteiger partial charge in [0.25, 0.3) is 0 Å². The second-order valence-corrected chi connectivity index (χ2v) is 6.14. The number of hydrogen-bond acceptors (Lipinski definition) is 5. The fourth-order valence-electron chi connectivity index (χ4n) is 2.69. The van der Waals surface area contributed by atoms with Crippen molar-refractivity contribution >= 4 is 17.7 Å². The van der Waals surface area contributed by atoms with Gasteiger partial charge in [-0.05, 0) is 30.4 Å². The van der Waals surface area contributed by atoms with Crippen LogP contribution in [0.1, 0.15) is 12.0 Å². The molecule has 0 aliphatic carbocycles. The van der Waals surface area contributed by atoms with E-state index in [4.69, 9.17) is 9.47 Å². The second-order valence-electron chi connectivity index (χ2n) is 5.29. The molecule has 1 unspecified atom stereocenters. The molecule has 1 amide bonds. The summed E-state index contributed by atoms with van der Waals surface area (Å²) in [5.74, 6) is 1.79. The van der Waals surface area contributed by atoms with Gasteiger partial charge in [0, 0.05) is 25.0 Å². The fourth-order valence-corrected chi connectivity index (χ4v) is 3.30. The Hall–Kier alpha value is -1.40. The summed E-state index contributed by atoms with van der Waals surface area (Å²) in [4.78, 5) is 14.9. The average Bonchev–Trinajstić information content (AvgIpc) is 2.83. The molecule has 114 valence electrons. The molecule has 0 radical (unpaired) electrons. The lowest BCUT2D eigenvalue weighted by molar-refractivity contribution is -0.128. The molecule has 1 N–H and O–H groups in total. The first-order valence-electron chi connectivity index (χ1n) is 7.14.